The first-order chi connectivity index (χ1) is 12.2. The molecule has 0 nitrogen and oxygen atoms in total. The third kappa shape index (κ3) is 5.01. The van der Waals surface area contributed by atoms with Crippen LogP contribution < -0.4 is 0 Å². The Morgan fingerprint density at radius 3 is 2.24 bits per heavy atom. The normalized spacial score (nSPS) is 20.6. The molecule has 0 N–H and O–H groups in total. The Hall–Kier alpha value is -1.48. The molecule has 0 radical (unpaired) electrons. The van der Waals surface area contributed by atoms with E-state index in [2.05, 4.69) is 19.1 Å². The largest absolute Gasteiger partial charge is 0.204 e. The average Bonchev–Trinajstić information content (AvgIpc) is 2.64. The molecule has 0 atom stereocenters. The highest BCUT2D eigenvalue weighted by molar-refractivity contribution is 6.58. The van der Waals surface area contributed by atoms with Gasteiger partial charge in [0.05, 0.1) is 0 Å². The second-order valence-corrected chi connectivity index (χ2v) is 11.0. The molecular weight excluding hydrogens is 330 g/mol. The molecule has 134 valence electrons. The van der Waals surface area contributed by atoms with Gasteiger partial charge in [0.15, 0.2) is 11.6 Å². The molecule has 0 saturated carbocycles. The van der Waals surface area contributed by atoms with Crippen LogP contribution in [0.1, 0.15) is 38.2 Å². The molecule has 2 aromatic rings. The number of benzene rings is 2. The number of hydrogen-bond acceptors (Lipinski definition) is 0. The van der Waals surface area contributed by atoms with E-state index >= 15 is 0 Å². The van der Waals surface area contributed by atoms with Crippen molar-refractivity contribution in [2.24, 2.45) is 5.92 Å². The van der Waals surface area contributed by atoms with Gasteiger partial charge in [-0.1, -0.05) is 74.7 Å². The lowest BCUT2D eigenvalue weighted by molar-refractivity contribution is 0.437. The van der Waals surface area contributed by atoms with Crippen LogP contribution in [0.5, 0.6) is 0 Å². The second kappa shape index (κ2) is 8.75. The fourth-order valence-corrected chi connectivity index (χ4v) is 7.70. The van der Waals surface area contributed by atoms with Gasteiger partial charge in [-0.05, 0) is 47.6 Å². The highest BCUT2D eigenvalue weighted by Crippen LogP contribution is 2.31. The standard InChI is InChI=1S/C22H28F2Si/c1-2-13-25-14-11-18(12-15-25)4-3-17-5-7-19(8-6-17)20-9-10-21(23)22(24)16-20/h5-10,16,18,25H,2-4,11-15H2,1H3. The van der Waals surface area contributed by atoms with E-state index in [1.807, 2.05) is 12.1 Å². The van der Waals surface area contributed by atoms with Gasteiger partial charge in [0.2, 0.25) is 0 Å². The zero-order valence-corrected chi connectivity index (χ0v) is 16.3. The van der Waals surface area contributed by atoms with Crippen LogP contribution >= 0.6 is 0 Å². The van der Waals surface area contributed by atoms with Crippen molar-refractivity contribution in [1.82, 2.24) is 0 Å². The SMILES string of the molecule is CCC[SiH]1CCC(CCc2ccc(-c3ccc(F)c(F)c3)cc2)CC1. The van der Waals surface area contributed by atoms with Gasteiger partial charge >= 0.3 is 0 Å². The van der Waals surface area contributed by atoms with Crippen LogP contribution in [0.3, 0.4) is 0 Å². The molecule has 0 amide bonds. The maximum Gasteiger partial charge on any atom is 0.159 e. The van der Waals surface area contributed by atoms with Gasteiger partial charge in [-0.2, -0.15) is 0 Å². The van der Waals surface area contributed by atoms with E-state index in [4.69, 9.17) is 0 Å². The van der Waals surface area contributed by atoms with E-state index in [1.165, 1.54) is 49.4 Å². The van der Waals surface area contributed by atoms with Gasteiger partial charge in [0.1, 0.15) is 0 Å². The van der Waals surface area contributed by atoms with E-state index in [-0.39, 0.29) is 8.80 Å². The molecule has 1 saturated heterocycles. The van der Waals surface area contributed by atoms with Crippen molar-refractivity contribution >= 4 is 8.80 Å². The highest BCUT2D eigenvalue weighted by atomic mass is 28.3. The first-order valence-electron chi connectivity index (χ1n) is 9.70. The fraction of sp³-hybridized carbons (Fsp3) is 0.455. The van der Waals surface area contributed by atoms with Crippen LogP contribution in [0.25, 0.3) is 11.1 Å². The average molecular weight is 359 g/mol. The van der Waals surface area contributed by atoms with Crippen molar-refractivity contribution in [3.63, 3.8) is 0 Å². The molecule has 1 aliphatic rings. The van der Waals surface area contributed by atoms with Crippen molar-refractivity contribution in [3.05, 3.63) is 59.7 Å². The summed E-state index contributed by atoms with van der Waals surface area (Å²) in [5.41, 5.74) is 3.01. The van der Waals surface area contributed by atoms with Crippen molar-refractivity contribution in [1.29, 1.82) is 0 Å². The van der Waals surface area contributed by atoms with Crippen LogP contribution in [0, 0.1) is 17.6 Å². The number of rotatable bonds is 6. The molecule has 25 heavy (non-hydrogen) atoms. The molecular formula is C22H28F2Si. The Balaban J connectivity index is 1.52. The molecule has 0 unspecified atom stereocenters. The van der Waals surface area contributed by atoms with Crippen molar-refractivity contribution < 1.29 is 8.78 Å². The van der Waals surface area contributed by atoms with Gasteiger partial charge in [-0.25, -0.2) is 8.78 Å². The van der Waals surface area contributed by atoms with E-state index in [0.29, 0.717) is 0 Å². The molecule has 1 aliphatic heterocycles. The smallest absolute Gasteiger partial charge is 0.159 e. The molecule has 0 aromatic heterocycles. The summed E-state index contributed by atoms with van der Waals surface area (Å²) in [5, 5.41) is 0. The van der Waals surface area contributed by atoms with E-state index in [1.54, 1.807) is 18.2 Å². The number of hydrogen-bond donors (Lipinski definition) is 0. The van der Waals surface area contributed by atoms with Crippen LogP contribution in [0.2, 0.25) is 18.1 Å². The third-order valence-corrected chi connectivity index (χ3v) is 9.40. The quantitative estimate of drug-likeness (QED) is 0.510. The lowest BCUT2D eigenvalue weighted by Crippen LogP contribution is -2.21. The monoisotopic (exact) mass is 358 g/mol. The Labute approximate surface area is 151 Å². The maximum atomic E-state index is 13.4. The van der Waals surface area contributed by atoms with Crippen LogP contribution in [0.15, 0.2) is 42.5 Å². The van der Waals surface area contributed by atoms with Crippen molar-refractivity contribution in [2.45, 2.75) is 57.2 Å². The van der Waals surface area contributed by atoms with Gasteiger partial charge in [0, 0.05) is 8.80 Å². The first-order valence-corrected chi connectivity index (χ1v) is 12.1. The van der Waals surface area contributed by atoms with E-state index < -0.39 is 11.6 Å². The molecule has 1 heterocycles. The van der Waals surface area contributed by atoms with E-state index in [9.17, 15) is 8.78 Å². The summed E-state index contributed by atoms with van der Waals surface area (Å²) in [6, 6.07) is 17.0. The van der Waals surface area contributed by atoms with Gasteiger partial charge < -0.3 is 0 Å². The fourth-order valence-electron chi connectivity index (χ4n) is 4.13. The second-order valence-electron chi connectivity index (χ2n) is 7.54. The van der Waals surface area contributed by atoms with Gasteiger partial charge in [-0.15, -0.1) is 0 Å². The summed E-state index contributed by atoms with van der Waals surface area (Å²) in [4.78, 5) is 0. The predicted octanol–water partition coefficient (Wildman–Crippen LogP) is 6.61. The molecule has 0 spiro atoms. The highest BCUT2D eigenvalue weighted by Gasteiger charge is 2.21. The maximum absolute atomic E-state index is 13.4. The first kappa shape index (κ1) is 18.3. The zero-order valence-electron chi connectivity index (χ0n) is 15.1. The lowest BCUT2D eigenvalue weighted by atomic mass is 9.93. The Morgan fingerprint density at radius 1 is 0.920 bits per heavy atom. The van der Waals surface area contributed by atoms with Gasteiger partial charge in [0.25, 0.3) is 0 Å². The van der Waals surface area contributed by atoms with Crippen molar-refractivity contribution in [3.8, 4) is 11.1 Å². The lowest BCUT2D eigenvalue weighted by Gasteiger charge is -2.27. The Morgan fingerprint density at radius 2 is 1.60 bits per heavy atom. The summed E-state index contributed by atoms with van der Waals surface area (Å²) in [5.74, 6) is -0.674. The Bertz CT molecular complexity index is 673. The van der Waals surface area contributed by atoms with Crippen LogP contribution in [-0.4, -0.2) is 8.80 Å². The van der Waals surface area contributed by atoms with Gasteiger partial charge in [-0.3, -0.25) is 0 Å². The summed E-state index contributed by atoms with van der Waals surface area (Å²) in [7, 11) is -0.370. The number of halogens is 2. The summed E-state index contributed by atoms with van der Waals surface area (Å²) < 4.78 is 26.4. The minimum absolute atomic E-state index is 0.370. The summed E-state index contributed by atoms with van der Waals surface area (Å²) in [6.45, 7) is 2.32. The summed E-state index contributed by atoms with van der Waals surface area (Å²) in [6.07, 6.45) is 6.69. The van der Waals surface area contributed by atoms with Crippen LogP contribution in [-0.2, 0) is 6.42 Å². The minimum atomic E-state index is -0.794. The predicted molar refractivity (Wildman–Crippen MR) is 105 cm³/mol. The van der Waals surface area contributed by atoms with Crippen LogP contribution in [0.4, 0.5) is 8.78 Å². The molecule has 0 aliphatic carbocycles. The molecule has 2 aromatic carbocycles. The zero-order chi connectivity index (χ0) is 17.6. The molecule has 3 heteroatoms. The molecule has 0 bridgehead atoms. The molecule has 3 rings (SSSR count). The third-order valence-electron chi connectivity index (χ3n) is 5.71. The molecule has 1 fully saturated rings. The Kier molecular flexibility index (Phi) is 6.41. The number of aryl methyl sites for hydroxylation is 1. The minimum Gasteiger partial charge on any atom is -0.204 e. The van der Waals surface area contributed by atoms with E-state index in [0.717, 1.165) is 23.5 Å². The topological polar surface area (TPSA) is 0 Å². The van der Waals surface area contributed by atoms with Crippen molar-refractivity contribution in [2.75, 3.05) is 0 Å². The summed E-state index contributed by atoms with van der Waals surface area (Å²) >= 11 is 0.